The first-order chi connectivity index (χ1) is 13.7. The van der Waals surface area contributed by atoms with Gasteiger partial charge in [0.15, 0.2) is 5.96 Å². The number of rotatable bonds is 5. The number of carbonyl (C=O) groups excluding carboxylic acids is 1. The van der Waals surface area contributed by atoms with Crippen LogP contribution in [0.1, 0.15) is 24.1 Å². The monoisotopic (exact) mass is 510 g/mol. The van der Waals surface area contributed by atoms with Crippen LogP contribution < -0.4 is 5.32 Å². The molecule has 0 amide bonds. The van der Waals surface area contributed by atoms with Gasteiger partial charge in [-0.05, 0) is 18.4 Å². The van der Waals surface area contributed by atoms with Gasteiger partial charge in [0.25, 0.3) is 0 Å². The van der Waals surface area contributed by atoms with Gasteiger partial charge < -0.3 is 15.0 Å². The molecule has 0 spiro atoms. The molecule has 9 heteroatoms. The molecule has 29 heavy (non-hydrogen) atoms. The highest BCUT2D eigenvalue weighted by Gasteiger charge is 2.17. The minimum atomic E-state index is -0.354. The molecule has 0 saturated carbocycles. The number of hydrogen-bond acceptors (Lipinski definition) is 5. The van der Waals surface area contributed by atoms with Crippen molar-refractivity contribution in [1.82, 2.24) is 25.2 Å². The van der Waals surface area contributed by atoms with Crippen molar-refractivity contribution in [3.05, 3.63) is 53.4 Å². The average Bonchev–Trinajstić information content (AvgIpc) is 3.17. The first-order valence-electron chi connectivity index (χ1n) is 9.34. The number of likely N-dealkylation sites (tertiary alicyclic amines) is 1. The van der Waals surface area contributed by atoms with Crippen LogP contribution in [-0.2, 0) is 22.6 Å². The molecule has 2 heterocycles. The number of carbonyl (C=O) groups is 1. The third-order valence-electron chi connectivity index (χ3n) is 4.62. The number of guanidine groups is 1. The summed E-state index contributed by atoms with van der Waals surface area (Å²) < 4.78 is 6.10. The highest BCUT2D eigenvalue weighted by Crippen LogP contribution is 2.19. The number of ether oxygens (including phenoxy) is 1. The zero-order valence-corrected chi connectivity index (χ0v) is 19.1. The van der Waals surface area contributed by atoms with Gasteiger partial charge in [-0.1, -0.05) is 47.2 Å². The SMILES string of the molecule is CN=C(NCc1cn(CC(=O)OC)nn1)N1CCC(=Cc2ccccc2)CC1.I. The zero-order valence-electron chi connectivity index (χ0n) is 16.7. The Bertz CT molecular complexity index is 840. The molecule has 2 aromatic rings. The van der Waals surface area contributed by atoms with Gasteiger partial charge in [-0.3, -0.25) is 9.79 Å². The van der Waals surface area contributed by atoms with Crippen molar-refractivity contribution in [2.45, 2.75) is 25.9 Å². The van der Waals surface area contributed by atoms with E-state index in [2.05, 4.69) is 60.6 Å². The molecule has 0 unspecified atom stereocenters. The smallest absolute Gasteiger partial charge is 0.327 e. The van der Waals surface area contributed by atoms with E-state index in [9.17, 15) is 4.79 Å². The second-order valence-corrected chi connectivity index (χ2v) is 6.58. The Kier molecular flexibility index (Phi) is 9.10. The molecule has 0 bridgehead atoms. The van der Waals surface area contributed by atoms with Crippen molar-refractivity contribution in [3.63, 3.8) is 0 Å². The van der Waals surface area contributed by atoms with Gasteiger partial charge in [0.1, 0.15) is 12.2 Å². The first kappa shape index (κ1) is 22.9. The molecule has 1 aliphatic rings. The predicted octanol–water partition coefficient (Wildman–Crippen LogP) is 2.32. The Hall–Kier alpha value is -2.43. The van der Waals surface area contributed by atoms with Gasteiger partial charge in [-0.15, -0.1) is 29.1 Å². The summed E-state index contributed by atoms with van der Waals surface area (Å²) >= 11 is 0. The van der Waals surface area contributed by atoms with Crippen molar-refractivity contribution in [1.29, 1.82) is 0 Å². The van der Waals surface area contributed by atoms with Crippen LogP contribution in [0.25, 0.3) is 6.08 Å². The lowest BCUT2D eigenvalue weighted by Crippen LogP contribution is -2.44. The number of nitrogens with zero attached hydrogens (tertiary/aromatic N) is 5. The maximum absolute atomic E-state index is 11.3. The number of methoxy groups -OCH3 is 1. The van der Waals surface area contributed by atoms with E-state index in [0.717, 1.165) is 37.6 Å². The molecular weight excluding hydrogens is 483 g/mol. The van der Waals surface area contributed by atoms with Crippen LogP contribution in [0.3, 0.4) is 0 Å². The van der Waals surface area contributed by atoms with E-state index in [-0.39, 0.29) is 36.5 Å². The molecule has 0 radical (unpaired) electrons. The summed E-state index contributed by atoms with van der Waals surface area (Å²) in [6, 6.07) is 10.4. The van der Waals surface area contributed by atoms with Crippen molar-refractivity contribution >= 4 is 42.0 Å². The van der Waals surface area contributed by atoms with E-state index in [4.69, 9.17) is 0 Å². The molecule has 0 aliphatic carbocycles. The van der Waals surface area contributed by atoms with E-state index >= 15 is 0 Å². The first-order valence-corrected chi connectivity index (χ1v) is 9.34. The molecule has 1 aromatic heterocycles. The Labute approximate surface area is 188 Å². The lowest BCUT2D eigenvalue weighted by molar-refractivity contribution is -0.141. The van der Waals surface area contributed by atoms with E-state index in [1.54, 1.807) is 13.2 Å². The number of halogens is 1. The van der Waals surface area contributed by atoms with E-state index < -0.39 is 0 Å². The summed E-state index contributed by atoms with van der Waals surface area (Å²) in [5.41, 5.74) is 3.46. The lowest BCUT2D eigenvalue weighted by Gasteiger charge is -2.31. The maximum Gasteiger partial charge on any atom is 0.327 e. The fourth-order valence-electron chi connectivity index (χ4n) is 3.13. The standard InChI is InChI=1S/C20H26N6O2.HI/c1-21-20(22-13-18-14-26(24-23-18)15-19(27)28-2)25-10-8-17(9-11-25)12-16-6-4-3-5-7-16;/h3-7,12,14H,8-11,13,15H2,1-2H3,(H,21,22);1H. The second kappa shape index (κ2) is 11.5. The Morgan fingerprint density at radius 2 is 2.00 bits per heavy atom. The van der Waals surface area contributed by atoms with E-state index in [1.807, 2.05) is 6.07 Å². The molecular formula is C20H27IN6O2. The van der Waals surface area contributed by atoms with Gasteiger partial charge in [-0.2, -0.15) is 0 Å². The summed E-state index contributed by atoms with van der Waals surface area (Å²) in [6.45, 7) is 2.40. The largest absolute Gasteiger partial charge is 0.468 e. The van der Waals surface area contributed by atoms with Crippen LogP contribution in [0.5, 0.6) is 0 Å². The van der Waals surface area contributed by atoms with Gasteiger partial charge in [0.2, 0.25) is 0 Å². The Morgan fingerprint density at radius 1 is 1.28 bits per heavy atom. The van der Waals surface area contributed by atoms with Crippen LogP contribution in [0.4, 0.5) is 0 Å². The quantitative estimate of drug-likeness (QED) is 0.288. The third-order valence-corrected chi connectivity index (χ3v) is 4.62. The topological polar surface area (TPSA) is 84.6 Å². The van der Waals surface area contributed by atoms with Crippen molar-refractivity contribution in [3.8, 4) is 0 Å². The van der Waals surface area contributed by atoms with Crippen LogP contribution >= 0.6 is 24.0 Å². The van der Waals surface area contributed by atoms with Crippen LogP contribution in [-0.4, -0.2) is 59.1 Å². The molecule has 156 valence electrons. The van der Waals surface area contributed by atoms with Gasteiger partial charge in [0.05, 0.1) is 19.9 Å². The average molecular weight is 510 g/mol. The van der Waals surface area contributed by atoms with Crippen molar-refractivity contribution in [2.24, 2.45) is 4.99 Å². The maximum atomic E-state index is 11.3. The van der Waals surface area contributed by atoms with Crippen molar-refractivity contribution < 1.29 is 9.53 Å². The minimum Gasteiger partial charge on any atom is -0.468 e. The number of hydrogen-bond donors (Lipinski definition) is 1. The third kappa shape index (κ3) is 6.84. The van der Waals surface area contributed by atoms with Crippen LogP contribution in [0.15, 0.2) is 47.1 Å². The van der Waals surface area contributed by atoms with Crippen molar-refractivity contribution in [2.75, 3.05) is 27.2 Å². The van der Waals surface area contributed by atoms with Gasteiger partial charge in [-0.25, -0.2) is 4.68 Å². The normalized spacial score (nSPS) is 14.2. The summed E-state index contributed by atoms with van der Waals surface area (Å²) in [6.07, 6.45) is 6.05. The van der Waals surface area contributed by atoms with E-state index in [1.165, 1.54) is 22.9 Å². The summed E-state index contributed by atoms with van der Waals surface area (Å²) in [5, 5.41) is 11.3. The Morgan fingerprint density at radius 3 is 2.66 bits per heavy atom. The molecule has 1 aromatic carbocycles. The number of nitrogens with one attached hydrogen (secondary N) is 1. The number of aromatic nitrogens is 3. The van der Waals surface area contributed by atoms with Crippen LogP contribution in [0, 0.1) is 0 Å². The number of benzene rings is 1. The fourth-order valence-corrected chi connectivity index (χ4v) is 3.13. The molecule has 1 N–H and O–H groups in total. The fraction of sp³-hybridized carbons (Fsp3) is 0.400. The number of esters is 1. The number of piperidine rings is 1. The van der Waals surface area contributed by atoms with Crippen LogP contribution in [0.2, 0.25) is 0 Å². The van der Waals surface area contributed by atoms with Gasteiger partial charge >= 0.3 is 5.97 Å². The Balaban J connectivity index is 0.00000300. The lowest BCUT2D eigenvalue weighted by atomic mass is 10.0. The second-order valence-electron chi connectivity index (χ2n) is 6.58. The molecule has 3 rings (SSSR count). The van der Waals surface area contributed by atoms with Gasteiger partial charge in [0, 0.05) is 20.1 Å². The molecule has 1 aliphatic heterocycles. The summed E-state index contributed by atoms with van der Waals surface area (Å²) in [4.78, 5) is 17.9. The molecule has 1 fully saturated rings. The highest BCUT2D eigenvalue weighted by atomic mass is 127. The molecule has 1 saturated heterocycles. The molecule has 8 nitrogen and oxygen atoms in total. The minimum absolute atomic E-state index is 0. The van der Waals surface area contributed by atoms with E-state index in [0.29, 0.717) is 6.54 Å². The molecule has 0 atom stereocenters. The summed E-state index contributed by atoms with van der Waals surface area (Å²) in [5.74, 6) is 0.495. The predicted molar refractivity (Wildman–Crippen MR) is 123 cm³/mol. The zero-order chi connectivity index (χ0) is 19.8. The highest BCUT2D eigenvalue weighted by molar-refractivity contribution is 14.0. The summed E-state index contributed by atoms with van der Waals surface area (Å²) in [7, 11) is 3.14. The number of aliphatic imine (C=N–C) groups is 1.